The fraction of sp³-hybridized carbons (Fsp3) is 0.625. The van der Waals surface area contributed by atoms with Crippen LogP contribution in [0, 0.1) is 5.92 Å². The Morgan fingerprint density at radius 2 is 2.11 bits per heavy atom. The number of nitrogens with one attached hydrogen (secondary N) is 1. The zero-order valence-electron chi connectivity index (χ0n) is 11.4. The molecule has 0 amide bonds. The molecule has 1 aromatic rings. The number of nitrogens with zero attached hydrogens (tertiary/aromatic N) is 1. The minimum absolute atomic E-state index is 0.788. The second kappa shape index (κ2) is 5.31. The van der Waals surface area contributed by atoms with Crippen LogP contribution in [0.15, 0.2) is 24.3 Å². The molecule has 2 aliphatic rings. The van der Waals surface area contributed by atoms with E-state index in [0.717, 1.165) is 12.0 Å². The lowest BCUT2D eigenvalue weighted by Gasteiger charge is -2.35. The molecule has 18 heavy (non-hydrogen) atoms. The minimum Gasteiger partial charge on any atom is -0.371 e. The van der Waals surface area contributed by atoms with Crippen molar-refractivity contribution < 1.29 is 0 Å². The maximum Gasteiger partial charge on any atom is 0.0398 e. The van der Waals surface area contributed by atoms with Gasteiger partial charge in [-0.1, -0.05) is 25.1 Å². The Hall–Kier alpha value is -1.02. The van der Waals surface area contributed by atoms with Crippen molar-refractivity contribution in [2.75, 3.05) is 24.5 Å². The van der Waals surface area contributed by atoms with E-state index in [0.29, 0.717) is 0 Å². The Morgan fingerprint density at radius 3 is 2.94 bits per heavy atom. The first kappa shape index (κ1) is 12.0. The lowest BCUT2D eigenvalue weighted by molar-refractivity contribution is 0.520. The smallest absolute Gasteiger partial charge is 0.0398 e. The summed E-state index contributed by atoms with van der Waals surface area (Å²) >= 11 is 0. The summed E-state index contributed by atoms with van der Waals surface area (Å²) in [7, 11) is 0. The van der Waals surface area contributed by atoms with Gasteiger partial charge < -0.3 is 10.2 Å². The van der Waals surface area contributed by atoms with Gasteiger partial charge in [0.05, 0.1) is 0 Å². The van der Waals surface area contributed by atoms with Gasteiger partial charge in [0.25, 0.3) is 0 Å². The van der Waals surface area contributed by atoms with Crippen LogP contribution in [0.2, 0.25) is 0 Å². The van der Waals surface area contributed by atoms with E-state index in [1.54, 1.807) is 0 Å². The van der Waals surface area contributed by atoms with Crippen LogP contribution in [0.5, 0.6) is 0 Å². The molecule has 2 heteroatoms. The molecule has 1 heterocycles. The fourth-order valence-corrected chi connectivity index (χ4v) is 2.98. The maximum atomic E-state index is 3.60. The van der Waals surface area contributed by atoms with Gasteiger partial charge in [-0.15, -0.1) is 0 Å². The molecule has 1 aliphatic heterocycles. The van der Waals surface area contributed by atoms with Gasteiger partial charge in [0.1, 0.15) is 0 Å². The van der Waals surface area contributed by atoms with E-state index in [1.165, 1.54) is 56.6 Å². The van der Waals surface area contributed by atoms with Gasteiger partial charge in [-0.2, -0.15) is 0 Å². The van der Waals surface area contributed by atoms with Gasteiger partial charge in [0.2, 0.25) is 0 Å². The third-order valence-corrected chi connectivity index (χ3v) is 4.05. The Bertz CT molecular complexity index is 398. The topological polar surface area (TPSA) is 15.3 Å². The van der Waals surface area contributed by atoms with E-state index in [2.05, 4.69) is 41.4 Å². The number of fused-ring (bicyclic) bond motifs is 1. The molecule has 0 radical (unpaired) electrons. The van der Waals surface area contributed by atoms with Gasteiger partial charge in [-0.25, -0.2) is 0 Å². The summed E-state index contributed by atoms with van der Waals surface area (Å²) in [4.78, 5) is 2.58. The van der Waals surface area contributed by atoms with Crippen molar-refractivity contribution in [1.29, 1.82) is 0 Å². The number of hydrogen-bond donors (Lipinski definition) is 1. The summed E-state index contributed by atoms with van der Waals surface area (Å²) in [5.74, 6) is 0.788. The van der Waals surface area contributed by atoms with Crippen LogP contribution in [0.4, 0.5) is 5.69 Å². The SMILES string of the molecule is CC1Cc2ccccc2N(CCCNC2CC2)C1. The van der Waals surface area contributed by atoms with E-state index >= 15 is 0 Å². The predicted octanol–water partition coefficient (Wildman–Crippen LogP) is 2.83. The molecule has 0 aromatic heterocycles. The summed E-state index contributed by atoms with van der Waals surface area (Å²) in [6.07, 6.45) is 5.29. The lowest BCUT2D eigenvalue weighted by atomic mass is 9.94. The van der Waals surface area contributed by atoms with Crippen molar-refractivity contribution in [3.05, 3.63) is 29.8 Å². The van der Waals surface area contributed by atoms with Crippen molar-refractivity contribution in [2.24, 2.45) is 5.92 Å². The Balaban J connectivity index is 1.57. The molecule has 1 aromatic carbocycles. The first-order valence-electron chi connectivity index (χ1n) is 7.39. The second-order valence-electron chi connectivity index (χ2n) is 5.97. The summed E-state index contributed by atoms with van der Waals surface area (Å²) in [6, 6.07) is 9.77. The van der Waals surface area contributed by atoms with Crippen molar-refractivity contribution >= 4 is 5.69 Å². The number of para-hydroxylation sites is 1. The molecule has 1 fully saturated rings. The van der Waals surface area contributed by atoms with Crippen LogP contribution in [-0.4, -0.2) is 25.7 Å². The highest BCUT2D eigenvalue weighted by Crippen LogP contribution is 2.29. The summed E-state index contributed by atoms with van der Waals surface area (Å²) < 4.78 is 0. The van der Waals surface area contributed by atoms with Crippen LogP contribution >= 0.6 is 0 Å². The van der Waals surface area contributed by atoms with Gasteiger partial charge in [0, 0.05) is 24.8 Å². The molecule has 1 unspecified atom stereocenters. The second-order valence-corrected chi connectivity index (χ2v) is 5.97. The number of benzene rings is 1. The number of anilines is 1. The van der Waals surface area contributed by atoms with Crippen LogP contribution in [0.25, 0.3) is 0 Å². The monoisotopic (exact) mass is 244 g/mol. The molecule has 98 valence electrons. The molecule has 3 rings (SSSR count). The molecule has 2 nitrogen and oxygen atoms in total. The van der Waals surface area contributed by atoms with Gasteiger partial charge in [-0.05, 0) is 49.8 Å². The highest BCUT2D eigenvalue weighted by molar-refractivity contribution is 5.55. The third kappa shape index (κ3) is 2.86. The van der Waals surface area contributed by atoms with Crippen molar-refractivity contribution in [3.63, 3.8) is 0 Å². The summed E-state index contributed by atoms with van der Waals surface area (Å²) in [5.41, 5.74) is 3.01. The molecule has 1 saturated carbocycles. The molecule has 1 aliphatic carbocycles. The number of hydrogen-bond acceptors (Lipinski definition) is 2. The molecular formula is C16H24N2. The minimum atomic E-state index is 0.788. The molecule has 0 saturated heterocycles. The van der Waals surface area contributed by atoms with Gasteiger partial charge in [0.15, 0.2) is 0 Å². The zero-order valence-corrected chi connectivity index (χ0v) is 11.4. The predicted molar refractivity (Wildman–Crippen MR) is 77.2 cm³/mol. The van der Waals surface area contributed by atoms with Crippen LogP contribution in [0.1, 0.15) is 31.7 Å². The molecule has 1 atom stereocenters. The Kier molecular flexibility index (Phi) is 3.55. The molecule has 0 bridgehead atoms. The highest BCUT2D eigenvalue weighted by atomic mass is 15.1. The normalized spacial score (nSPS) is 22.9. The van der Waals surface area contributed by atoms with Crippen LogP contribution < -0.4 is 10.2 Å². The van der Waals surface area contributed by atoms with Crippen LogP contribution in [-0.2, 0) is 6.42 Å². The van der Waals surface area contributed by atoms with Crippen molar-refractivity contribution in [2.45, 2.75) is 38.6 Å². The Morgan fingerprint density at radius 1 is 1.28 bits per heavy atom. The number of rotatable bonds is 5. The molecular weight excluding hydrogens is 220 g/mol. The first-order chi connectivity index (χ1) is 8.83. The summed E-state index contributed by atoms with van der Waals surface area (Å²) in [5, 5.41) is 3.60. The average molecular weight is 244 g/mol. The van der Waals surface area contributed by atoms with Gasteiger partial charge in [-0.3, -0.25) is 0 Å². The van der Waals surface area contributed by atoms with Gasteiger partial charge >= 0.3 is 0 Å². The first-order valence-corrected chi connectivity index (χ1v) is 7.39. The third-order valence-electron chi connectivity index (χ3n) is 4.05. The van der Waals surface area contributed by atoms with Crippen LogP contribution in [0.3, 0.4) is 0 Å². The van der Waals surface area contributed by atoms with E-state index in [-0.39, 0.29) is 0 Å². The maximum absolute atomic E-state index is 3.60. The van der Waals surface area contributed by atoms with E-state index < -0.39 is 0 Å². The highest BCUT2D eigenvalue weighted by Gasteiger charge is 2.22. The zero-order chi connectivity index (χ0) is 12.4. The molecule has 1 N–H and O–H groups in total. The summed E-state index contributed by atoms with van der Waals surface area (Å²) in [6.45, 7) is 5.96. The van der Waals surface area contributed by atoms with E-state index in [1.807, 2.05) is 0 Å². The quantitative estimate of drug-likeness (QED) is 0.801. The van der Waals surface area contributed by atoms with Crippen molar-refractivity contribution in [1.82, 2.24) is 5.32 Å². The largest absolute Gasteiger partial charge is 0.371 e. The lowest BCUT2D eigenvalue weighted by Crippen LogP contribution is -2.36. The molecule has 0 spiro atoms. The Labute approximate surface area is 110 Å². The van der Waals surface area contributed by atoms with E-state index in [4.69, 9.17) is 0 Å². The van der Waals surface area contributed by atoms with E-state index in [9.17, 15) is 0 Å². The van der Waals surface area contributed by atoms with Crippen molar-refractivity contribution in [3.8, 4) is 0 Å². The fourth-order valence-electron chi connectivity index (χ4n) is 2.98. The standard InChI is InChI=1S/C16H24N2/c1-13-11-14-5-2-3-6-16(14)18(12-13)10-4-9-17-15-7-8-15/h2-3,5-6,13,15,17H,4,7-12H2,1H3. The average Bonchev–Trinajstić information content (AvgIpc) is 3.18.